The number of anilines is 1. The Kier molecular flexibility index (Phi) is 6.41. The Hall–Kier alpha value is -2.96. The van der Waals surface area contributed by atoms with Crippen molar-refractivity contribution in [2.24, 2.45) is 15.7 Å². The van der Waals surface area contributed by atoms with Crippen molar-refractivity contribution < 1.29 is 31.1 Å². The number of hydrogen-bond donors (Lipinski definition) is 0. The van der Waals surface area contributed by atoms with E-state index in [1.807, 2.05) is 18.7 Å². The number of aromatic nitrogens is 3. The van der Waals surface area contributed by atoms with E-state index >= 15 is 0 Å². The van der Waals surface area contributed by atoms with Crippen LogP contribution >= 0.6 is 0 Å². The van der Waals surface area contributed by atoms with Crippen LogP contribution < -0.4 is 9.64 Å². The normalized spacial score (nSPS) is 20.5. The molecule has 13 heteroatoms. The van der Waals surface area contributed by atoms with Gasteiger partial charge in [0.25, 0.3) is 5.91 Å². The van der Waals surface area contributed by atoms with E-state index in [0.29, 0.717) is 18.3 Å². The number of carbonyl (C=O) groups excluding carboxylic acids is 1. The molecule has 2 aromatic heterocycles. The minimum atomic E-state index is -4.24. The SMILES string of the molecule is C[C@@H]1CN(c2nc(-n3ccc(OCCC4(C(F)(F)F)CC4)n3)ccc2C(=O)N=S(=O)=O)C(C)(C)C1. The van der Waals surface area contributed by atoms with Gasteiger partial charge in [-0.2, -0.15) is 21.6 Å². The van der Waals surface area contributed by atoms with Crippen molar-refractivity contribution in [3.05, 3.63) is 30.0 Å². The third-order valence-corrected chi connectivity index (χ3v) is 6.98. The van der Waals surface area contributed by atoms with Crippen LogP contribution in [0.5, 0.6) is 5.88 Å². The zero-order valence-electron chi connectivity index (χ0n) is 19.5. The van der Waals surface area contributed by atoms with Crippen molar-refractivity contribution in [3.8, 4) is 11.7 Å². The fourth-order valence-corrected chi connectivity index (χ4v) is 4.94. The molecule has 1 aliphatic heterocycles. The average molecular weight is 514 g/mol. The second-order valence-corrected chi connectivity index (χ2v) is 10.5. The van der Waals surface area contributed by atoms with Crippen molar-refractivity contribution in [1.82, 2.24) is 14.8 Å². The number of carbonyl (C=O) groups is 1. The lowest BCUT2D eigenvalue weighted by Gasteiger charge is -2.33. The molecule has 1 atom stereocenters. The summed E-state index contributed by atoms with van der Waals surface area (Å²) in [7, 11) is -2.91. The van der Waals surface area contributed by atoms with E-state index in [2.05, 4.69) is 21.4 Å². The molecule has 0 unspecified atom stereocenters. The zero-order valence-corrected chi connectivity index (χ0v) is 20.4. The predicted octanol–water partition coefficient (Wildman–Crippen LogP) is 4.21. The number of nitrogens with zero attached hydrogens (tertiary/aromatic N) is 5. The van der Waals surface area contributed by atoms with E-state index in [9.17, 15) is 26.4 Å². The number of halogens is 3. The molecule has 0 radical (unpaired) electrons. The smallest absolute Gasteiger partial charge is 0.394 e. The summed E-state index contributed by atoms with van der Waals surface area (Å²) in [5.41, 5.74) is -1.94. The van der Waals surface area contributed by atoms with Gasteiger partial charge in [0.2, 0.25) is 5.88 Å². The van der Waals surface area contributed by atoms with Crippen LogP contribution in [0.25, 0.3) is 5.82 Å². The molecule has 190 valence electrons. The standard InChI is InChI=1S/C22H26F3N5O4S/c1-14-12-20(2,3)29(13-14)18-15(19(31)28-35(32)33)4-5-16(26-18)30-10-6-17(27-30)34-11-9-21(7-8-21)22(23,24)25/h4-6,10,14H,7-9,11-13H2,1-3H3/t14-/m0/s1. The highest BCUT2D eigenvalue weighted by Gasteiger charge is 2.62. The molecule has 2 aliphatic rings. The fourth-order valence-electron chi connectivity index (χ4n) is 4.70. The van der Waals surface area contributed by atoms with Crippen LogP contribution in [0.15, 0.2) is 28.8 Å². The molecule has 0 N–H and O–H groups in total. The molecule has 0 bridgehead atoms. The summed E-state index contributed by atoms with van der Waals surface area (Å²) in [6, 6.07) is 4.45. The fraction of sp³-hybridized carbons (Fsp3) is 0.591. The number of ether oxygens (including phenoxy) is 1. The summed E-state index contributed by atoms with van der Waals surface area (Å²) >= 11 is 0. The van der Waals surface area contributed by atoms with E-state index in [4.69, 9.17) is 4.74 Å². The van der Waals surface area contributed by atoms with Gasteiger partial charge in [0, 0.05) is 24.3 Å². The van der Waals surface area contributed by atoms with Gasteiger partial charge in [-0.1, -0.05) is 11.3 Å². The van der Waals surface area contributed by atoms with E-state index in [1.54, 1.807) is 6.20 Å². The molecule has 2 aromatic rings. The molecule has 2 fully saturated rings. The van der Waals surface area contributed by atoms with Crippen LogP contribution in [0.2, 0.25) is 0 Å². The predicted molar refractivity (Wildman–Crippen MR) is 120 cm³/mol. The van der Waals surface area contributed by atoms with Crippen LogP contribution in [-0.4, -0.2) is 54.0 Å². The Bertz CT molecular complexity index is 1260. The van der Waals surface area contributed by atoms with Gasteiger partial charge in [0.15, 0.2) is 5.82 Å². The molecule has 9 nitrogen and oxygen atoms in total. The van der Waals surface area contributed by atoms with Crippen molar-refractivity contribution >= 4 is 22.2 Å². The van der Waals surface area contributed by atoms with E-state index in [0.717, 1.165) is 6.42 Å². The highest BCUT2D eigenvalue weighted by Crippen LogP contribution is 2.59. The maximum absolute atomic E-state index is 13.1. The second kappa shape index (κ2) is 8.92. The van der Waals surface area contributed by atoms with Gasteiger partial charge in [-0.25, -0.2) is 9.67 Å². The summed E-state index contributed by atoms with van der Waals surface area (Å²) in [4.78, 5) is 19.1. The Morgan fingerprint density at radius 1 is 1.26 bits per heavy atom. The molecule has 1 aliphatic carbocycles. The number of hydrogen-bond acceptors (Lipinski definition) is 7. The van der Waals surface area contributed by atoms with Gasteiger partial charge in [-0.05, 0) is 57.6 Å². The topological polar surface area (TPSA) is 107 Å². The zero-order chi connectivity index (χ0) is 25.6. The molecular formula is C22H26F3N5O4S. The lowest BCUT2D eigenvalue weighted by Crippen LogP contribution is -2.39. The molecule has 35 heavy (non-hydrogen) atoms. The maximum Gasteiger partial charge on any atom is 0.394 e. The molecule has 1 saturated carbocycles. The highest BCUT2D eigenvalue weighted by molar-refractivity contribution is 7.62. The van der Waals surface area contributed by atoms with Gasteiger partial charge >= 0.3 is 16.7 Å². The van der Waals surface area contributed by atoms with Crippen molar-refractivity contribution in [3.63, 3.8) is 0 Å². The Morgan fingerprint density at radius 3 is 2.54 bits per heavy atom. The molecule has 0 aromatic carbocycles. The first-order valence-corrected chi connectivity index (χ1v) is 12.2. The van der Waals surface area contributed by atoms with Crippen LogP contribution in [0.3, 0.4) is 0 Å². The first kappa shape index (κ1) is 25.1. The van der Waals surface area contributed by atoms with Gasteiger partial charge in [0.1, 0.15) is 5.82 Å². The largest absolute Gasteiger partial charge is 0.477 e. The number of rotatable bonds is 7. The van der Waals surface area contributed by atoms with Crippen LogP contribution in [0.4, 0.5) is 19.0 Å². The van der Waals surface area contributed by atoms with Gasteiger partial charge in [-0.15, -0.1) is 5.10 Å². The van der Waals surface area contributed by atoms with Crippen molar-refractivity contribution in [2.75, 3.05) is 18.1 Å². The lowest BCUT2D eigenvalue weighted by molar-refractivity contribution is -0.190. The first-order chi connectivity index (χ1) is 16.3. The Labute approximate surface area is 202 Å². The van der Waals surface area contributed by atoms with Crippen LogP contribution in [-0.2, 0) is 10.5 Å². The third-order valence-electron chi connectivity index (χ3n) is 6.66. The molecule has 3 heterocycles. The summed E-state index contributed by atoms with van der Waals surface area (Å²) in [5.74, 6) is 0.165. The third kappa shape index (κ3) is 5.19. The number of amides is 1. The number of alkyl halides is 3. The minimum absolute atomic E-state index is 0.0469. The Morgan fingerprint density at radius 2 is 1.97 bits per heavy atom. The summed E-state index contributed by atoms with van der Waals surface area (Å²) < 4.78 is 71.2. The second-order valence-electron chi connectivity index (χ2n) is 9.86. The van der Waals surface area contributed by atoms with Gasteiger partial charge in [-0.3, -0.25) is 4.79 Å². The quantitative estimate of drug-likeness (QED) is 0.546. The number of pyridine rings is 1. The summed E-state index contributed by atoms with van der Waals surface area (Å²) in [6.07, 6.45) is -1.74. The first-order valence-electron chi connectivity index (χ1n) is 11.2. The molecule has 4 rings (SSSR count). The van der Waals surface area contributed by atoms with Crippen molar-refractivity contribution in [1.29, 1.82) is 0 Å². The Balaban J connectivity index is 1.58. The van der Waals surface area contributed by atoms with E-state index in [-0.39, 0.29) is 48.7 Å². The summed E-state index contributed by atoms with van der Waals surface area (Å²) in [5, 5.41) is 4.25. The molecule has 1 amide bonds. The lowest BCUT2D eigenvalue weighted by atomic mass is 9.97. The highest BCUT2D eigenvalue weighted by atomic mass is 32.2. The molecular weight excluding hydrogens is 487 g/mol. The minimum Gasteiger partial charge on any atom is -0.477 e. The van der Waals surface area contributed by atoms with E-state index < -0.39 is 28.0 Å². The van der Waals surface area contributed by atoms with E-state index in [1.165, 1.54) is 22.9 Å². The van der Waals surface area contributed by atoms with Crippen LogP contribution in [0, 0.1) is 11.3 Å². The molecule has 0 spiro atoms. The average Bonchev–Trinajstić information content (AvgIpc) is 3.31. The van der Waals surface area contributed by atoms with Gasteiger partial charge in [0.05, 0.1) is 17.6 Å². The maximum atomic E-state index is 13.1. The summed E-state index contributed by atoms with van der Waals surface area (Å²) in [6.45, 7) is 6.59. The van der Waals surface area contributed by atoms with Crippen LogP contribution in [0.1, 0.15) is 56.8 Å². The van der Waals surface area contributed by atoms with Gasteiger partial charge < -0.3 is 9.64 Å². The monoisotopic (exact) mass is 513 g/mol. The molecule has 1 saturated heterocycles. The van der Waals surface area contributed by atoms with Crippen molar-refractivity contribution in [2.45, 2.75) is 58.2 Å².